The third-order valence-electron chi connectivity index (χ3n) is 4.83. The number of carbonyl (C=O) groups excluding carboxylic acids is 1. The summed E-state index contributed by atoms with van der Waals surface area (Å²) in [5.41, 5.74) is 0. The van der Waals surface area contributed by atoms with Gasteiger partial charge in [-0.1, -0.05) is 85.0 Å². The van der Waals surface area contributed by atoms with Crippen molar-refractivity contribution in [1.29, 1.82) is 0 Å². The molecule has 0 N–H and O–H groups in total. The summed E-state index contributed by atoms with van der Waals surface area (Å²) in [6.07, 6.45) is 15.0. The zero-order chi connectivity index (χ0) is 16.6. The molecule has 0 aromatic rings. The highest BCUT2D eigenvalue weighted by molar-refractivity contribution is 5.69. The number of unbranched alkanes of at least 4 members (excludes halogenated alkanes) is 7. The van der Waals surface area contributed by atoms with E-state index in [9.17, 15) is 4.79 Å². The van der Waals surface area contributed by atoms with E-state index in [0.29, 0.717) is 13.0 Å². The Hall–Kier alpha value is -0.530. The largest absolute Gasteiger partial charge is 0.466 e. The maximum Gasteiger partial charge on any atom is 0.305 e. The van der Waals surface area contributed by atoms with Crippen molar-refractivity contribution in [2.75, 3.05) is 6.61 Å². The maximum atomic E-state index is 11.2. The van der Waals surface area contributed by atoms with Crippen LogP contribution in [0.2, 0.25) is 0 Å². The first-order valence-electron chi connectivity index (χ1n) is 9.77. The fourth-order valence-corrected chi connectivity index (χ4v) is 2.96. The minimum Gasteiger partial charge on any atom is -0.466 e. The monoisotopic (exact) mass is 312 g/mol. The van der Waals surface area contributed by atoms with Crippen LogP contribution in [0.15, 0.2) is 0 Å². The third-order valence-corrected chi connectivity index (χ3v) is 4.83. The molecule has 0 saturated carbocycles. The summed E-state index contributed by atoms with van der Waals surface area (Å²) in [7, 11) is 0. The third kappa shape index (κ3) is 13.2. The van der Waals surface area contributed by atoms with Gasteiger partial charge in [-0.25, -0.2) is 0 Å². The van der Waals surface area contributed by atoms with Crippen molar-refractivity contribution in [3.8, 4) is 0 Å². The van der Waals surface area contributed by atoms with Crippen LogP contribution in [0.4, 0.5) is 0 Å². The number of hydrogen-bond acceptors (Lipinski definition) is 2. The van der Waals surface area contributed by atoms with E-state index < -0.39 is 0 Å². The Morgan fingerprint density at radius 1 is 0.773 bits per heavy atom. The second kappa shape index (κ2) is 15.4. The van der Waals surface area contributed by atoms with Crippen molar-refractivity contribution in [2.24, 2.45) is 11.8 Å². The Bertz CT molecular complexity index is 250. The molecule has 0 radical (unpaired) electrons. The van der Waals surface area contributed by atoms with E-state index in [2.05, 4.69) is 20.8 Å². The molecule has 2 heteroatoms. The normalized spacial score (nSPS) is 13.8. The fourth-order valence-electron chi connectivity index (χ4n) is 2.96. The number of rotatable bonds is 15. The van der Waals surface area contributed by atoms with Gasteiger partial charge in [-0.3, -0.25) is 4.79 Å². The summed E-state index contributed by atoms with van der Waals surface area (Å²) in [5, 5.41) is 0. The smallest absolute Gasteiger partial charge is 0.305 e. The highest BCUT2D eigenvalue weighted by Gasteiger charge is 2.11. The van der Waals surface area contributed by atoms with Crippen molar-refractivity contribution < 1.29 is 9.53 Å². The Morgan fingerprint density at radius 3 is 1.82 bits per heavy atom. The van der Waals surface area contributed by atoms with Gasteiger partial charge in [0.1, 0.15) is 0 Å². The van der Waals surface area contributed by atoms with Crippen LogP contribution in [-0.2, 0) is 9.53 Å². The molecule has 0 rings (SSSR count). The predicted molar refractivity (Wildman–Crippen MR) is 96.0 cm³/mol. The molecule has 0 aliphatic carbocycles. The van der Waals surface area contributed by atoms with Gasteiger partial charge in [-0.15, -0.1) is 0 Å². The lowest BCUT2D eigenvalue weighted by Gasteiger charge is -2.19. The lowest BCUT2D eigenvalue weighted by atomic mass is 9.87. The molecule has 2 atom stereocenters. The molecule has 0 heterocycles. The molecule has 2 nitrogen and oxygen atoms in total. The Kier molecular flexibility index (Phi) is 15.0. The van der Waals surface area contributed by atoms with Gasteiger partial charge in [-0.05, 0) is 25.2 Å². The van der Waals surface area contributed by atoms with Crippen LogP contribution < -0.4 is 0 Å². The van der Waals surface area contributed by atoms with E-state index in [1.54, 1.807) is 0 Å². The van der Waals surface area contributed by atoms with Crippen molar-refractivity contribution in [3.05, 3.63) is 0 Å². The topological polar surface area (TPSA) is 26.3 Å². The van der Waals surface area contributed by atoms with Gasteiger partial charge in [0.15, 0.2) is 0 Å². The van der Waals surface area contributed by atoms with Gasteiger partial charge in [0.2, 0.25) is 0 Å². The van der Waals surface area contributed by atoms with Gasteiger partial charge in [0, 0.05) is 6.42 Å². The second-order valence-corrected chi connectivity index (χ2v) is 6.92. The minimum absolute atomic E-state index is 0.0342. The fraction of sp³-hybridized carbons (Fsp3) is 0.950. The summed E-state index contributed by atoms with van der Waals surface area (Å²) >= 11 is 0. The molecule has 2 unspecified atom stereocenters. The zero-order valence-corrected chi connectivity index (χ0v) is 15.7. The molecule has 0 fully saturated rings. The van der Waals surface area contributed by atoms with E-state index >= 15 is 0 Å². The summed E-state index contributed by atoms with van der Waals surface area (Å²) in [4.78, 5) is 11.2. The summed E-state index contributed by atoms with van der Waals surface area (Å²) in [6, 6.07) is 0. The van der Waals surface area contributed by atoms with Gasteiger partial charge in [0.25, 0.3) is 0 Å². The van der Waals surface area contributed by atoms with Gasteiger partial charge in [-0.2, -0.15) is 0 Å². The average Bonchev–Trinajstić information content (AvgIpc) is 2.50. The summed E-state index contributed by atoms with van der Waals surface area (Å²) in [6.45, 7) is 9.50. The van der Waals surface area contributed by atoms with Crippen LogP contribution in [0.5, 0.6) is 0 Å². The van der Waals surface area contributed by atoms with Crippen molar-refractivity contribution >= 4 is 5.97 Å². The molecule has 0 bridgehead atoms. The first-order chi connectivity index (χ1) is 10.6. The van der Waals surface area contributed by atoms with Gasteiger partial charge >= 0.3 is 5.97 Å². The predicted octanol–water partition coefficient (Wildman–Crippen LogP) is 6.52. The van der Waals surface area contributed by atoms with Crippen LogP contribution in [0.25, 0.3) is 0 Å². The van der Waals surface area contributed by atoms with E-state index in [0.717, 1.165) is 18.3 Å². The van der Waals surface area contributed by atoms with Gasteiger partial charge < -0.3 is 4.74 Å². The lowest BCUT2D eigenvalue weighted by Crippen LogP contribution is -2.08. The molecule has 22 heavy (non-hydrogen) atoms. The minimum atomic E-state index is -0.0342. The Balaban J connectivity index is 3.40. The lowest BCUT2D eigenvalue weighted by molar-refractivity contribution is -0.143. The number of hydrogen-bond donors (Lipinski definition) is 0. The van der Waals surface area contributed by atoms with Crippen LogP contribution >= 0.6 is 0 Å². The van der Waals surface area contributed by atoms with Crippen molar-refractivity contribution in [3.63, 3.8) is 0 Å². The number of carbonyl (C=O) groups is 1. The van der Waals surface area contributed by atoms with E-state index in [1.165, 1.54) is 64.2 Å². The maximum absolute atomic E-state index is 11.2. The molecule has 0 amide bonds. The summed E-state index contributed by atoms with van der Waals surface area (Å²) in [5.74, 6) is 1.70. The van der Waals surface area contributed by atoms with E-state index in [4.69, 9.17) is 4.74 Å². The first-order valence-corrected chi connectivity index (χ1v) is 9.77. The standard InChI is InChI=1S/C20H40O2/c1-5-7-8-12-15-18(3)19(4)16-13-10-9-11-14-17-20(21)22-6-2/h18-19H,5-17H2,1-4H3. The molecule has 0 aromatic carbocycles. The zero-order valence-electron chi connectivity index (χ0n) is 15.7. The molecule has 0 aliphatic heterocycles. The summed E-state index contributed by atoms with van der Waals surface area (Å²) < 4.78 is 4.94. The van der Waals surface area contributed by atoms with Gasteiger partial charge in [0.05, 0.1) is 6.61 Å². The Labute approximate surface area is 139 Å². The molecule has 0 saturated heterocycles. The molecular weight excluding hydrogens is 272 g/mol. The Morgan fingerprint density at radius 2 is 1.27 bits per heavy atom. The SMILES string of the molecule is CCCCCCC(C)C(C)CCCCCCCC(=O)OCC. The van der Waals surface area contributed by atoms with Crippen LogP contribution in [0.3, 0.4) is 0 Å². The van der Waals surface area contributed by atoms with E-state index in [1.807, 2.05) is 6.92 Å². The quantitative estimate of drug-likeness (QED) is 0.254. The molecular formula is C20H40O2. The van der Waals surface area contributed by atoms with Crippen LogP contribution in [0.1, 0.15) is 105 Å². The molecule has 0 aliphatic rings. The highest BCUT2D eigenvalue weighted by Crippen LogP contribution is 2.24. The van der Waals surface area contributed by atoms with E-state index in [-0.39, 0.29) is 5.97 Å². The van der Waals surface area contributed by atoms with Crippen LogP contribution in [0, 0.1) is 11.8 Å². The van der Waals surface area contributed by atoms with Crippen molar-refractivity contribution in [2.45, 2.75) is 105 Å². The highest BCUT2D eigenvalue weighted by atomic mass is 16.5. The molecule has 0 aromatic heterocycles. The number of ether oxygens (including phenoxy) is 1. The first kappa shape index (κ1) is 21.5. The van der Waals surface area contributed by atoms with Crippen molar-refractivity contribution in [1.82, 2.24) is 0 Å². The number of esters is 1. The second-order valence-electron chi connectivity index (χ2n) is 6.92. The molecule has 132 valence electrons. The average molecular weight is 313 g/mol. The van der Waals surface area contributed by atoms with Crippen LogP contribution in [-0.4, -0.2) is 12.6 Å². The molecule has 0 spiro atoms.